The maximum absolute atomic E-state index is 13.4. The zero-order valence-electron chi connectivity index (χ0n) is 20.9. The molecule has 2 aromatic heterocycles. The number of nitrogens with one attached hydrogen (secondary N) is 3. The highest BCUT2D eigenvalue weighted by Crippen LogP contribution is 2.31. The summed E-state index contributed by atoms with van der Waals surface area (Å²) in [6, 6.07) is 1.21. The van der Waals surface area contributed by atoms with Crippen molar-refractivity contribution < 1.29 is 28.4 Å². The normalized spacial score (nSPS) is 19.2. The molecule has 202 valence electrons. The number of nitrogens with zero attached hydrogens (tertiary/aromatic N) is 2. The van der Waals surface area contributed by atoms with Crippen LogP contribution in [0.5, 0.6) is 0 Å². The summed E-state index contributed by atoms with van der Waals surface area (Å²) in [4.78, 5) is 63.2. The van der Waals surface area contributed by atoms with Gasteiger partial charge in [-0.2, -0.15) is 0 Å². The zero-order valence-corrected chi connectivity index (χ0v) is 21.7. The molecule has 13 heteroatoms. The fourth-order valence-corrected chi connectivity index (χ4v) is 4.93. The lowest BCUT2D eigenvalue weighted by Gasteiger charge is -2.22. The molecule has 12 nitrogen and oxygen atoms in total. The van der Waals surface area contributed by atoms with Gasteiger partial charge < -0.3 is 25.2 Å². The molecule has 0 aromatic carbocycles. The molecule has 0 radical (unpaired) electrons. The van der Waals surface area contributed by atoms with Crippen molar-refractivity contribution in [3.63, 3.8) is 0 Å². The minimum absolute atomic E-state index is 0.00927. The molecule has 0 aliphatic carbocycles. The number of rotatable bonds is 9. The Morgan fingerprint density at radius 2 is 2.11 bits per heavy atom. The number of esters is 1. The van der Waals surface area contributed by atoms with E-state index in [9.17, 15) is 24.0 Å². The molecule has 4 rings (SSSR count). The Morgan fingerprint density at radius 1 is 1.32 bits per heavy atom. The first-order valence-corrected chi connectivity index (χ1v) is 12.7. The van der Waals surface area contributed by atoms with E-state index in [4.69, 9.17) is 20.9 Å². The van der Waals surface area contributed by atoms with Gasteiger partial charge in [0.2, 0.25) is 11.8 Å². The third kappa shape index (κ3) is 5.96. The van der Waals surface area contributed by atoms with Crippen molar-refractivity contribution in [2.24, 2.45) is 5.92 Å². The van der Waals surface area contributed by atoms with Crippen LogP contribution in [0.3, 0.4) is 0 Å². The van der Waals surface area contributed by atoms with Gasteiger partial charge in [-0.05, 0) is 45.6 Å². The number of ether oxygens (including phenoxy) is 1. The van der Waals surface area contributed by atoms with Crippen LogP contribution < -0.4 is 21.5 Å². The van der Waals surface area contributed by atoms with E-state index >= 15 is 0 Å². The largest absolute Gasteiger partial charge is 0.463 e. The number of carbonyl (C=O) groups is 4. The number of hydrogen-bond acceptors (Lipinski definition) is 8. The fourth-order valence-electron chi connectivity index (χ4n) is 4.63. The van der Waals surface area contributed by atoms with E-state index in [1.165, 1.54) is 28.9 Å². The van der Waals surface area contributed by atoms with Crippen LogP contribution >= 0.6 is 11.6 Å². The summed E-state index contributed by atoms with van der Waals surface area (Å²) in [6.45, 7) is 4.04. The molecule has 3 amide bonds. The van der Waals surface area contributed by atoms with Crippen molar-refractivity contribution in [1.29, 1.82) is 0 Å². The van der Waals surface area contributed by atoms with Gasteiger partial charge in [-0.15, -0.1) is 0 Å². The van der Waals surface area contributed by atoms with E-state index in [-0.39, 0.29) is 41.3 Å². The lowest BCUT2D eigenvalue weighted by atomic mass is 9.97. The van der Waals surface area contributed by atoms with Gasteiger partial charge in [0, 0.05) is 36.3 Å². The number of carbonyl (C=O) groups excluding carboxylic acids is 4. The van der Waals surface area contributed by atoms with E-state index in [0.717, 1.165) is 0 Å². The van der Waals surface area contributed by atoms with E-state index < -0.39 is 35.4 Å². The monoisotopic (exact) mass is 545 g/mol. The number of hydrogen-bond donors (Lipinski definition) is 3. The number of amides is 3. The molecule has 4 heterocycles. The first-order valence-electron chi connectivity index (χ1n) is 12.3. The summed E-state index contributed by atoms with van der Waals surface area (Å²) in [5, 5.41) is 12.0. The van der Waals surface area contributed by atoms with Crippen molar-refractivity contribution in [2.75, 3.05) is 18.5 Å². The van der Waals surface area contributed by atoms with Crippen molar-refractivity contribution in [2.45, 2.75) is 51.6 Å². The highest BCUT2D eigenvalue weighted by Gasteiger charge is 2.34. The molecule has 38 heavy (non-hydrogen) atoms. The molecule has 0 bridgehead atoms. The van der Waals surface area contributed by atoms with Crippen molar-refractivity contribution >= 4 is 41.0 Å². The first kappa shape index (κ1) is 27.1. The lowest BCUT2D eigenvalue weighted by molar-refractivity contribution is -0.137. The van der Waals surface area contributed by atoms with Gasteiger partial charge in [0.05, 0.1) is 11.6 Å². The fraction of sp³-hybridized carbons (Fsp3) is 0.440. The molecule has 2 aliphatic rings. The smallest absolute Gasteiger partial charge is 0.330 e. The van der Waals surface area contributed by atoms with Gasteiger partial charge >= 0.3 is 5.97 Å². The number of pyridine rings is 1. The summed E-state index contributed by atoms with van der Waals surface area (Å²) in [5.41, 5.74) is -0.235. The van der Waals surface area contributed by atoms with Crippen molar-refractivity contribution in [3.05, 3.63) is 56.8 Å². The Labute approximate surface area is 222 Å². The molecular weight excluding hydrogens is 518 g/mol. The molecule has 0 saturated carbocycles. The average molecular weight is 546 g/mol. The predicted octanol–water partition coefficient (Wildman–Crippen LogP) is 1.67. The van der Waals surface area contributed by atoms with Gasteiger partial charge in [-0.1, -0.05) is 22.8 Å². The summed E-state index contributed by atoms with van der Waals surface area (Å²) >= 11 is 6.42. The van der Waals surface area contributed by atoms with Crippen molar-refractivity contribution in [1.82, 2.24) is 20.4 Å². The van der Waals surface area contributed by atoms with Gasteiger partial charge in [-0.3, -0.25) is 23.7 Å². The Hall–Kier alpha value is -3.93. The Morgan fingerprint density at radius 3 is 2.76 bits per heavy atom. The Balaban J connectivity index is 1.56. The van der Waals surface area contributed by atoms with Crippen LogP contribution in [-0.2, 0) is 25.5 Å². The van der Waals surface area contributed by atoms with Crippen LogP contribution in [0.15, 0.2) is 33.6 Å². The minimum Gasteiger partial charge on any atom is -0.463 e. The first-order chi connectivity index (χ1) is 18.2. The van der Waals surface area contributed by atoms with Gasteiger partial charge in [0.15, 0.2) is 5.69 Å². The highest BCUT2D eigenvalue weighted by molar-refractivity contribution is 6.31. The predicted molar refractivity (Wildman–Crippen MR) is 136 cm³/mol. The molecule has 0 spiro atoms. The molecule has 1 fully saturated rings. The molecule has 3 N–H and O–H groups in total. The number of halogens is 1. The molecule has 2 aromatic rings. The Bertz CT molecular complexity index is 1350. The third-order valence-corrected chi connectivity index (χ3v) is 6.77. The van der Waals surface area contributed by atoms with Crippen LogP contribution in [0.2, 0.25) is 5.02 Å². The molecule has 3 atom stereocenters. The molecule has 1 saturated heterocycles. The number of aryl methyl sites for hydroxylation is 1. The molecule has 2 aliphatic heterocycles. The second-order valence-electron chi connectivity index (χ2n) is 9.10. The van der Waals surface area contributed by atoms with E-state index in [1.807, 2.05) is 0 Å². The second-order valence-corrected chi connectivity index (χ2v) is 9.50. The van der Waals surface area contributed by atoms with Gasteiger partial charge in [0.25, 0.3) is 11.5 Å². The van der Waals surface area contributed by atoms with Crippen LogP contribution in [0.25, 0.3) is 0 Å². The van der Waals surface area contributed by atoms with Crippen LogP contribution in [0.4, 0.5) is 5.69 Å². The van der Waals surface area contributed by atoms with Crippen molar-refractivity contribution in [3.8, 4) is 0 Å². The van der Waals surface area contributed by atoms with E-state index in [0.29, 0.717) is 37.3 Å². The minimum atomic E-state index is -0.906. The highest BCUT2D eigenvalue weighted by atomic mass is 35.5. The number of fused-ring (bicyclic) bond motifs is 1. The summed E-state index contributed by atoms with van der Waals surface area (Å²) in [6.07, 6.45) is 4.26. The van der Waals surface area contributed by atoms with E-state index in [2.05, 4.69) is 21.1 Å². The molecule has 2 unspecified atom stereocenters. The zero-order chi connectivity index (χ0) is 27.4. The maximum atomic E-state index is 13.4. The summed E-state index contributed by atoms with van der Waals surface area (Å²) in [7, 11) is 0. The van der Waals surface area contributed by atoms with Crippen LogP contribution in [-0.4, -0.2) is 52.6 Å². The third-order valence-electron chi connectivity index (χ3n) is 6.44. The Kier molecular flexibility index (Phi) is 8.30. The lowest BCUT2D eigenvalue weighted by Crippen LogP contribution is -2.42. The summed E-state index contributed by atoms with van der Waals surface area (Å²) < 4.78 is 11.1. The number of aromatic nitrogens is 2. The second kappa shape index (κ2) is 11.6. The quantitative estimate of drug-likeness (QED) is 0.316. The molecular formula is C25H28ClN5O7. The number of anilines is 1. The average Bonchev–Trinajstić information content (AvgIpc) is 3.61. The summed E-state index contributed by atoms with van der Waals surface area (Å²) in [5.74, 6) is -1.73. The van der Waals surface area contributed by atoms with Crippen LogP contribution in [0.1, 0.15) is 54.2 Å². The maximum Gasteiger partial charge on any atom is 0.330 e. The van der Waals surface area contributed by atoms with Gasteiger partial charge in [0.1, 0.15) is 17.5 Å². The topological polar surface area (TPSA) is 162 Å². The van der Waals surface area contributed by atoms with Crippen LogP contribution in [0, 0.1) is 12.8 Å². The standard InChI is InChI=1S/C25H28ClN5O7/c1-3-37-21(32)7-4-15(11-14-8-9-27-22(14)33)28-24(35)20-6-5-19-16(26)12-18(25(36)31(19)20)29-23(34)17-10-13(2)38-30-17/h4,7,10,12,14-15,20H,3,5-6,8-9,11H2,1-2H3,(H,27,33)(H,28,35)(H,29,34)/b7-4+/t14?,15-,20?/m1/s1. The van der Waals surface area contributed by atoms with Gasteiger partial charge in [-0.25, -0.2) is 4.79 Å². The SMILES string of the molecule is CCOC(=O)/C=C/[C@H](CC1CCNC1=O)NC(=O)C1CCc2c(Cl)cc(NC(=O)c3cc(C)on3)c(=O)n21. The van der Waals surface area contributed by atoms with E-state index in [1.54, 1.807) is 13.8 Å².